The van der Waals surface area contributed by atoms with Crippen molar-refractivity contribution < 1.29 is 13.9 Å². The molecule has 26 heavy (non-hydrogen) atoms. The van der Waals surface area contributed by atoms with E-state index in [0.29, 0.717) is 21.6 Å². The lowest BCUT2D eigenvalue weighted by Crippen LogP contribution is -2.31. The molecule has 0 bridgehead atoms. The molecule has 0 fully saturated rings. The predicted molar refractivity (Wildman–Crippen MR) is 99.6 cm³/mol. The first kappa shape index (κ1) is 18.1. The zero-order valence-corrected chi connectivity index (χ0v) is 15.8. The highest BCUT2D eigenvalue weighted by Gasteiger charge is 2.22. The number of ether oxygens (including phenoxy) is 1. The van der Waals surface area contributed by atoms with Crippen LogP contribution in [0.3, 0.4) is 0 Å². The van der Waals surface area contributed by atoms with E-state index in [9.17, 15) is 9.18 Å². The van der Waals surface area contributed by atoms with Gasteiger partial charge in [0.15, 0.2) is 0 Å². The van der Waals surface area contributed by atoms with Crippen molar-refractivity contribution in [2.45, 2.75) is 6.04 Å². The van der Waals surface area contributed by atoms with Gasteiger partial charge in [-0.3, -0.25) is 4.79 Å². The largest absolute Gasteiger partial charge is 0.497 e. The molecule has 3 aromatic rings. The fraction of sp³-hybridized carbons (Fsp3) is 0.158. The van der Waals surface area contributed by atoms with Crippen molar-refractivity contribution in [2.75, 3.05) is 7.11 Å². The van der Waals surface area contributed by atoms with E-state index in [0.717, 1.165) is 5.56 Å². The average molecular weight is 418 g/mol. The molecule has 1 amide bonds. The van der Waals surface area contributed by atoms with Crippen molar-refractivity contribution >= 4 is 21.8 Å². The van der Waals surface area contributed by atoms with E-state index < -0.39 is 6.04 Å². The number of benzene rings is 2. The van der Waals surface area contributed by atoms with Gasteiger partial charge in [-0.25, -0.2) is 9.37 Å². The average Bonchev–Trinajstić information content (AvgIpc) is 3.06. The Bertz CT molecular complexity index is 925. The minimum atomic E-state index is -0.527. The number of carbonyl (C=O) groups is 1. The van der Waals surface area contributed by atoms with Gasteiger partial charge in [-0.15, -0.1) is 0 Å². The Balaban J connectivity index is 1.97. The number of methoxy groups -OCH3 is 1. The molecule has 5 nitrogen and oxygen atoms in total. The molecule has 0 aliphatic heterocycles. The van der Waals surface area contributed by atoms with Crippen LogP contribution in [0.2, 0.25) is 0 Å². The van der Waals surface area contributed by atoms with Crippen molar-refractivity contribution in [1.82, 2.24) is 14.9 Å². The summed E-state index contributed by atoms with van der Waals surface area (Å²) in [5, 5.41) is 2.97. The molecule has 0 saturated carbocycles. The number of hydrogen-bond acceptors (Lipinski definition) is 3. The summed E-state index contributed by atoms with van der Waals surface area (Å²) in [5.74, 6) is 0.583. The number of rotatable bonds is 5. The second kappa shape index (κ2) is 7.70. The van der Waals surface area contributed by atoms with Crippen LogP contribution in [-0.2, 0) is 7.05 Å². The van der Waals surface area contributed by atoms with Crippen LogP contribution in [0, 0.1) is 5.82 Å². The molecule has 1 aromatic heterocycles. The molecule has 0 radical (unpaired) electrons. The molecule has 0 spiro atoms. The number of imidazole rings is 1. The highest BCUT2D eigenvalue weighted by atomic mass is 79.9. The first-order valence-corrected chi connectivity index (χ1v) is 8.66. The van der Waals surface area contributed by atoms with E-state index in [4.69, 9.17) is 4.74 Å². The summed E-state index contributed by atoms with van der Waals surface area (Å²) in [6.07, 6.45) is 3.44. The fourth-order valence-electron chi connectivity index (χ4n) is 2.62. The third-order valence-electron chi connectivity index (χ3n) is 4.01. The number of aromatic nitrogens is 2. The zero-order valence-electron chi connectivity index (χ0n) is 14.2. The first-order chi connectivity index (χ1) is 12.5. The molecule has 134 valence electrons. The Labute approximate surface area is 159 Å². The van der Waals surface area contributed by atoms with Gasteiger partial charge >= 0.3 is 0 Å². The Morgan fingerprint density at radius 3 is 2.62 bits per heavy atom. The molecule has 7 heteroatoms. The molecule has 1 N–H and O–H groups in total. The minimum Gasteiger partial charge on any atom is -0.497 e. The lowest BCUT2D eigenvalue weighted by atomic mass is 10.0. The minimum absolute atomic E-state index is 0.298. The van der Waals surface area contributed by atoms with Gasteiger partial charge in [-0.05, 0) is 51.8 Å². The van der Waals surface area contributed by atoms with Crippen LogP contribution in [0.5, 0.6) is 5.75 Å². The maximum atomic E-state index is 13.3. The first-order valence-electron chi connectivity index (χ1n) is 7.86. The van der Waals surface area contributed by atoms with E-state index >= 15 is 0 Å². The fourth-order valence-corrected chi connectivity index (χ4v) is 3.05. The quantitative estimate of drug-likeness (QED) is 0.685. The molecule has 1 unspecified atom stereocenters. The molecule has 1 heterocycles. The summed E-state index contributed by atoms with van der Waals surface area (Å²) < 4.78 is 21.0. The normalized spacial score (nSPS) is 11.8. The summed E-state index contributed by atoms with van der Waals surface area (Å²) in [7, 11) is 3.38. The number of nitrogens with one attached hydrogen (secondary N) is 1. The number of halogens is 2. The van der Waals surface area contributed by atoms with Crippen molar-refractivity contribution in [3.05, 3.63) is 82.1 Å². The van der Waals surface area contributed by atoms with Crippen molar-refractivity contribution in [2.24, 2.45) is 7.05 Å². The lowest BCUT2D eigenvalue weighted by molar-refractivity contribution is 0.0940. The second-order valence-corrected chi connectivity index (χ2v) is 6.55. The van der Waals surface area contributed by atoms with Gasteiger partial charge in [0.1, 0.15) is 23.4 Å². The Morgan fingerprint density at radius 1 is 1.27 bits per heavy atom. The molecular weight excluding hydrogens is 401 g/mol. The van der Waals surface area contributed by atoms with Gasteiger partial charge < -0.3 is 14.6 Å². The van der Waals surface area contributed by atoms with Crippen molar-refractivity contribution in [3.63, 3.8) is 0 Å². The predicted octanol–water partition coefficient (Wildman–Crippen LogP) is 3.85. The van der Waals surface area contributed by atoms with Crippen LogP contribution >= 0.6 is 15.9 Å². The van der Waals surface area contributed by atoms with E-state index in [1.54, 1.807) is 49.8 Å². The van der Waals surface area contributed by atoms with Crippen molar-refractivity contribution in [1.29, 1.82) is 0 Å². The Morgan fingerprint density at radius 2 is 2.00 bits per heavy atom. The SMILES string of the molecule is COc1ccc(Br)c(C(=O)NC(c2ccc(F)cc2)c2nccn2C)c1. The maximum Gasteiger partial charge on any atom is 0.253 e. The van der Waals surface area contributed by atoms with Crippen LogP contribution in [0.15, 0.2) is 59.3 Å². The van der Waals surface area contributed by atoms with Gasteiger partial charge in [0, 0.05) is 23.9 Å². The summed E-state index contributed by atoms with van der Waals surface area (Å²) >= 11 is 3.39. The Kier molecular flexibility index (Phi) is 5.37. The molecule has 3 rings (SSSR count). The van der Waals surface area contributed by atoms with Gasteiger partial charge in [-0.2, -0.15) is 0 Å². The van der Waals surface area contributed by atoms with Crippen molar-refractivity contribution in [3.8, 4) is 5.75 Å². The van der Waals surface area contributed by atoms with Gasteiger partial charge in [0.2, 0.25) is 0 Å². The standard InChI is InChI=1S/C19H17BrFN3O2/c1-24-10-9-22-18(24)17(12-3-5-13(21)6-4-12)23-19(25)15-11-14(26-2)7-8-16(15)20/h3-11,17H,1-2H3,(H,23,25). The maximum absolute atomic E-state index is 13.3. The van der Waals surface area contributed by atoms with E-state index in [1.807, 2.05) is 11.6 Å². The van der Waals surface area contributed by atoms with E-state index in [-0.39, 0.29) is 11.7 Å². The van der Waals surface area contributed by atoms with E-state index in [1.165, 1.54) is 12.1 Å². The smallest absolute Gasteiger partial charge is 0.253 e. The summed E-state index contributed by atoms with van der Waals surface area (Å²) in [4.78, 5) is 17.2. The van der Waals surface area contributed by atoms with Crippen LogP contribution in [-0.4, -0.2) is 22.6 Å². The molecule has 0 aliphatic rings. The highest BCUT2D eigenvalue weighted by molar-refractivity contribution is 9.10. The molecule has 1 atom stereocenters. The number of carbonyl (C=O) groups excluding carboxylic acids is 1. The van der Waals surface area contributed by atoms with Crippen LogP contribution < -0.4 is 10.1 Å². The Hall–Kier alpha value is -2.67. The second-order valence-electron chi connectivity index (χ2n) is 5.70. The topological polar surface area (TPSA) is 56.1 Å². The molecule has 0 saturated heterocycles. The molecule has 2 aromatic carbocycles. The third kappa shape index (κ3) is 3.77. The van der Waals surface area contributed by atoms with Gasteiger partial charge in [0.05, 0.1) is 12.7 Å². The summed E-state index contributed by atoms with van der Waals surface area (Å²) in [6.45, 7) is 0. The van der Waals surface area contributed by atoms with Crippen LogP contribution in [0.1, 0.15) is 27.8 Å². The summed E-state index contributed by atoms with van der Waals surface area (Å²) in [5.41, 5.74) is 1.17. The number of aryl methyl sites for hydroxylation is 1. The van der Waals surface area contributed by atoms with E-state index in [2.05, 4.69) is 26.2 Å². The number of amides is 1. The van der Waals surface area contributed by atoms with Crippen LogP contribution in [0.25, 0.3) is 0 Å². The zero-order chi connectivity index (χ0) is 18.7. The monoisotopic (exact) mass is 417 g/mol. The van der Waals surface area contributed by atoms with Gasteiger partial charge in [0.25, 0.3) is 5.91 Å². The molecular formula is C19H17BrFN3O2. The van der Waals surface area contributed by atoms with Crippen LogP contribution in [0.4, 0.5) is 4.39 Å². The molecule has 0 aliphatic carbocycles. The number of nitrogens with zero attached hydrogens (tertiary/aromatic N) is 2. The van der Waals surface area contributed by atoms with Gasteiger partial charge in [-0.1, -0.05) is 12.1 Å². The third-order valence-corrected chi connectivity index (χ3v) is 4.71. The number of hydrogen-bond donors (Lipinski definition) is 1. The lowest BCUT2D eigenvalue weighted by Gasteiger charge is -2.20. The summed E-state index contributed by atoms with van der Waals surface area (Å²) in [6, 6.07) is 10.6. The highest BCUT2D eigenvalue weighted by Crippen LogP contribution is 2.25.